The lowest BCUT2D eigenvalue weighted by atomic mass is 10.2. The highest BCUT2D eigenvalue weighted by atomic mass is 16.5. The first-order valence-corrected chi connectivity index (χ1v) is 9.26. The third kappa shape index (κ3) is 4.45. The first kappa shape index (κ1) is 21.0. The monoisotopic (exact) mass is 413 g/mol. The number of nitrogens with zero attached hydrogens (tertiary/aromatic N) is 2. The average Bonchev–Trinajstić information content (AvgIpc) is 3.00. The number of methoxy groups -OCH3 is 2. The molecule has 0 aliphatic rings. The van der Waals surface area contributed by atoms with Crippen LogP contribution in [0.1, 0.15) is 6.42 Å². The van der Waals surface area contributed by atoms with Gasteiger partial charge in [-0.05, 0) is 24.3 Å². The second-order valence-corrected chi connectivity index (χ2v) is 6.51. The molecule has 0 spiro atoms. The van der Waals surface area contributed by atoms with Crippen LogP contribution in [0.5, 0.6) is 11.5 Å². The predicted molar refractivity (Wildman–Crippen MR) is 111 cm³/mol. The summed E-state index contributed by atoms with van der Waals surface area (Å²) in [5.74, 6) is -0.103. The van der Waals surface area contributed by atoms with Crippen LogP contribution in [0.3, 0.4) is 0 Å². The number of aromatic nitrogens is 2. The molecule has 9 heteroatoms. The van der Waals surface area contributed by atoms with E-state index in [-0.39, 0.29) is 18.7 Å². The van der Waals surface area contributed by atoms with Crippen molar-refractivity contribution in [2.24, 2.45) is 7.05 Å². The topological polar surface area (TPSA) is 101 Å². The van der Waals surface area contributed by atoms with Gasteiger partial charge in [-0.25, -0.2) is 4.79 Å². The minimum absolute atomic E-state index is 0.0380. The zero-order chi connectivity index (χ0) is 21.7. The summed E-state index contributed by atoms with van der Waals surface area (Å²) in [4.78, 5) is 36.6. The lowest BCUT2D eigenvalue weighted by Gasteiger charge is -2.12. The number of fused-ring (bicyclic) bond motifs is 1. The summed E-state index contributed by atoms with van der Waals surface area (Å²) in [6.45, 7) is -0.298. The molecule has 0 saturated carbocycles. The molecular formula is C21H23N3O6. The molecule has 0 fully saturated rings. The number of hydrogen-bond donors (Lipinski definition) is 1. The second kappa shape index (κ2) is 9.17. The summed E-state index contributed by atoms with van der Waals surface area (Å²) >= 11 is 0. The van der Waals surface area contributed by atoms with E-state index in [1.165, 1.54) is 23.4 Å². The van der Waals surface area contributed by atoms with Crippen LogP contribution >= 0.6 is 0 Å². The van der Waals surface area contributed by atoms with Crippen molar-refractivity contribution < 1.29 is 23.8 Å². The Morgan fingerprint density at radius 3 is 2.47 bits per heavy atom. The average molecular weight is 413 g/mol. The Balaban J connectivity index is 1.56. The minimum Gasteiger partial charge on any atom is -0.497 e. The summed E-state index contributed by atoms with van der Waals surface area (Å²) in [7, 11) is 4.67. The number of esters is 1. The second-order valence-electron chi connectivity index (χ2n) is 6.51. The molecule has 1 heterocycles. The molecule has 30 heavy (non-hydrogen) atoms. The fraction of sp³-hybridized carbons (Fsp3) is 0.286. The van der Waals surface area contributed by atoms with Crippen molar-refractivity contribution in [1.29, 1.82) is 0 Å². The van der Waals surface area contributed by atoms with Gasteiger partial charge < -0.3 is 19.5 Å². The zero-order valence-electron chi connectivity index (χ0n) is 17.0. The zero-order valence-corrected chi connectivity index (χ0v) is 17.0. The number of carbonyl (C=O) groups is 2. The van der Waals surface area contributed by atoms with Gasteiger partial charge in [0.25, 0.3) is 5.91 Å². The van der Waals surface area contributed by atoms with Gasteiger partial charge in [-0.2, -0.15) is 0 Å². The summed E-state index contributed by atoms with van der Waals surface area (Å²) in [6, 6.07) is 12.3. The van der Waals surface area contributed by atoms with E-state index >= 15 is 0 Å². The van der Waals surface area contributed by atoms with Gasteiger partial charge in [0.2, 0.25) is 0 Å². The van der Waals surface area contributed by atoms with Crippen LogP contribution in [0.4, 0.5) is 5.69 Å². The van der Waals surface area contributed by atoms with Gasteiger partial charge in [-0.3, -0.25) is 18.7 Å². The molecule has 0 atom stereocenters. The maximum atomic E-state index is 12.4. The summed E-state index contributed by atoms with van der Waals surface area (Å²) in [6.07, 6.45) is -0.0380. The summed E-state index contributed by atoms with van der Waals surface area (Å²) in [5.41, 5.74) is 1.70. The van der Waals surface area contributed by atoms with Crippen molar-refractivity contribution in [1.82, 2.24) is 9.13 Å². The molecule has 0 bridgehead atoms. The number of aryl methyl sites for hydroxylation is 2. The molecule has 9 nitrogen and oxygen atoms in total. The van der Waals surface area contributed by atoms with E-state index in [0.717, 1.165) is 11.0 Å². The number of imidazole rings is 1. The maximum absolute atomic E-state index is 12.4. The van der Waals surface area contributed by atoms with Gasteiger partial charge in [0.05, 0.1) is 37.4 Å². The van der Waals surface area contributed by atoms with Crippen molar-refractivity contribution in [3.63, 3.8) is 0 Å². The van der Waals surface area contributed by atoms with Gasteiger partial charge >= 0.3 is 11.7 Å². The van der Waals surface area contributed by atoms with Crippen LogP contribution in [0.25, 0.3) is 11.0 Å². The predicted octanol–water partition coefficient (Wildman–Crippen LogP) is 1.93. The highest BCUT2D eigenvalue weighted by molar-refractivity contribution is 5.94. The fourth-order valence-corrected chi connectivity index (χ4v) is 3.10. The molecule has 3 rings (SSSR count). The van der Waals surface area contributed by atoms with Crippen LogP contribution < -0.4 is 20.5 Å². The standard InChI is InChI=1S/C21H23N3O6/c1-23-16-6-4-5-7-17(16)24(21(23)27)11-10-20(26)30-13-19(25)22-15-12-14(28-2)8-9-18(15)29-3/h4-9,12H,10-11,13H2,1-3H3,(H,22,25). The Morgan fingerprint density at radius 2 is 1.77 bits per heavy atom. The molecule has 0 saturated heterocycles. The number of anilines is 1. The highest BCUT2D eigenvalue weighted by Crippen LogP contribution is 2.28. The molecule has 1 aromatic heterocycles. The quantitative estimate of drug-likeness (QED) is 0.567. The Hall–Kier alpha value is -3.75. The molecule has 3 aromatic rings. The number of nitrogens with one attached hydrogen (secondary N) is 1. The molecule has 0 radical (unpaired) electrons. The van der Waals surface area contributed by atoms with Gasteiger partial charge in [0.1, 0.15) is 11.5 Å². The normalized spacial score (nSPS) is 10.6. The molecular weight excluding hydrogens is 390 g/mol. The summed E-state index contributed by atoms with van der Waals surface area (Å²) in [5, 5.41) is 2.62. The third-order valence-corrected chi connectivity index (χ3v) is 4.64. The number of benzene rings is 2. The van der Waals surface area contributed by atoms with Crippen molar-refractivity contribution >= 4 is 28.6 Å². The smallest absolute Gasteiger partial charge is 0.328 e. The molecule has 1 amide bonds. The molecule has 0 aliphatic heterocycles. The first-order valence-electron chi connectivity index (χ1n) is 9.26. The van der Waals surface area contributed by atoms with E-state index in [0.29, 0.717) is 17.2 Å². The molecule has 0 aliphatic carbocycles. The first-order chi connectivity index (χ1) is 14.4. The number of hydrogen-bond acceptors (Lipinski definition) is 6. The Labute approximate surface area is 172 Å². The number of ether oxygens (including phenoxy) is 3. The maximum Gasteiger partial charge on any atom is 0.328 e. The number of carbonyl (C=O) groups excluding carboxylic acids is 2. The summed E-state index contributed by atoms with van der Waals surface area (Å²) < 4.78 is 18.4. The molecule has 1 N–H and O–H groups in total. The van der Waals surface area contributed by atoms with Gasteiger partial charge in [0, 0.05) is 19.7 Å². The van der Waals surface area contributed by atoms with E-state index in [1.54, 1.807) is 25.2 Å². The van der Waals surface area contributed by atoms with Crippen molar-refractivity contribution in [3.05, 3.63) is 52.9 Å². The number of rotatable bonds is 8. The van der Waals surface area contributed by atoms with Gasteiger partial charge in [-0.15, -0.1) is 0 Å². The van der Waals surface area contributed by atoms with Crippen LogP contribution in [0.15, 0.2) is 47.3 Å². The van der Waals surface area contributed by atoms with Gasteiger partial charge in [-0.1, -0.05) is 12.1 Å². The molecule has 2 aromatic carbocycles. The van der Waals surface area contributed by atoms with E-state index in [9.17, 15) is 14.4 Å². The Kier molecular flexibility index (Phi) is 6.41. The van der Waals surface area contributed by atoms with Crippen molar-refractivity contribution in [2.45, 2.75) is 13.0 Å². The highest BCUT2D eigenvalue weighted by Gasteiger charge is 2.14. The number of amides is 1. The largest absolute Gasteiger partial charge is 0.497 e. The Bertz CT molecular complexity index is 1130. The Morgan fingerprint density at radius 1 is 1.03 bits per heavy atom. The lowest BCUT2D eigenvalue weighted by molar-refractivity contribution is -0.147. The van der Waals surface area contributed by atoms with Crippen LogP contribution in [-0.2, 0) is 27.9 Å². The van der Waals surface area contributed by atoms with Crippen molar-refractivity contribution in [2.75, 3.05) is 26.1 Å². The van der Waals surface area contributed by atoms with Crippen LogP contribution in [0, 0.1) is 0 Å². The fourth-order valence-electron chi connectivity index (χ4n) is 3.10. The van der Waals surface area contributed by atoms with Gasteiger partial charge in [0.15, 0.2) is 6.61 Å². The van der Waals surface area contributed by atoms with E-state index < -0.39 is 18.5 Å². The number of para-hydroxylation sites is 2. The van der Waals surface area contributed by atoms with Crippen LogP contribution in [0.2, 0.25) is 0 Å². The van der Waals surface area contributed by atoms with Crippen LogP contribution in [-0.4, -0.2) is 41.8 Å². The molecule has 158 valence electrons. The van der Waals surface area contributed by atoms with E-state index in [1.807, 2.05) is 24.3 Å². The molecule has 0 unspecified atom stereocenters. The van der Waals surface area contributed by atoms with E-state index in [2.05, 4.69) is 5.32 Å². The van der Waals surface area contributed by atoms with Crippen molar-refractivity contribution in [3.8, 4) is 11.5 Å². The van der Waals surface area contributed by atoms with E-state index in [4.69, 9.17) is 14.2 Å². The third-order valence-electron chi connectivity index (χ3n) is 4.64. The minimum atomic E-state index is -0.581. The SMILES string of the molecule is COc1ccc(OC)c(NC(=O)COC(=O)CCn2c(=O)n(C)c3ccccc32)c1. The lowest BCUT2D eigenvalue weighted by Crippen LogP contribution is -2.25.